The zero-order valence-corrected chi connectivity index (χ0v) is 17.9. The smallest absolute Gasteiger partial charge is 0.252 e. The molecular weight excluding hydrogens is 437 g/mol. The van der Waals surface area contributed by atoms with E-state index in [2.05, 4.69) is 15.6 Å². The zero-order valence-electron chi connectivity index (χ0n) is 14.7. The standard InChI is InChI=1S/C19H17Cl2N3O2S2/c20-15-4-1-3-12(17(15)21)9-14-10-23-19(28-14)24-16(25)5-2-7-22-18(26)13-6-8-27-11-13/h1,3-4,6,8,10-11H,2,5,7,9H2,(H,22,26)(H,23,24,25). The van der Waals surface area contributed by atoms with Gasteiger partial charge in [0, 0.05) is 41.4 Å². The Hall–Kier alpha value is -1.93. The number of halogens is 2. The van der Waals surface area contributed by atoms with Crippen LogP contribution in [0, 0.1) is 0 Å². The highest BCUT2D eigenvalue weighted by Crippen LogP contribution is 2.29. The molecule has 0 aliphatic rings. The molecule has 28 heavy (non-hydrogen) atoms. The molecule has 0 bridgehead atoms. The second kappa shape index (κ2) is 10.0. The fraction of sp³-hybridized carbons (Fsp3) is 0.211. The molecule has 3 rings (SSSR count). The maximum Gasteiger partial charge on any atom is 0.252 e. The van der Waals surface area contributed by atoms with Crippen molar-refractivity contribution in [3.63, 3.8) is 0 Å². The van der Waals surface area contributed by atoms with E-state index in [1.165, 1.54) is 22.7 Å². The highest BCUT2D eigenvalue weighted by Gasteiger charge is 2.10. The quantitative estimate of drug-likeness (QED) is 0.457. The first-order valence-electron chi connectivity index (χ1n) is 8.51. The minimum atomic E-state index is -0.133. The lowest BCUT2D eigenvalue weighted by molar-refractivity contribution is -0.116. The molecule has 146 valence electrons. The average molecular weight is 454 g/mol. The maximum atomic E-state index is 12.1. The Morgan fingerprint density at radius 3 is 2.82 bits per heavy atom. The van der Waals surface area contributed by atoms with Crippen molar-refractivity contribution in [2.24, 2.45) is 0 Å². The molecule has 0 spiro atoms. The van der Waals surface area contributed by atoms with Crippen molar-refractivity contribution >= 4 is 62.8 Å². The number of carbonyl (C=O) groups excluding carboxylic acids is 2. The monoisotopic (exact) mass is 453 g/mol. The van der Waals surface area contributed by atoms with Gasteiger partial charge >= 0.3 is 0 Å². The van der Waals surface area contributed by atoms with Gasteiger partial charge in [0.25, 0.3) is 5.91 Å². The molecule has 9 heteroatoms. The summed E-state index contributed by atoms with van der Waals surface area (Å²) in [6.07, 6.45) is 3.18. The number of hydrogen-bond donors (Lipinski definition) is 2. The van der Waals surface area contributed by atoms with E-state index in [1.807, 2.05) is 17.5 Å². The van der Waals surface area contributed by atoms with Crippen LogP contribution < -0.4 is 10.6 Å². The van der Waals surface area contributed by atoms with E-state index >= 15 is 0 Å². The van der Waals surface area contributed by atoms with Crippen LogP contribution in [0.4, 0.5) is 5.13 Å². The molecule has 0 aliphatic heterocycles. The third-order valence-corrected chi connectivity index (χ3v) is 6.30. The summed E-state index contributed by atoms with van der Waals surface area (Å²) in [5.41, 5.74) is 1.56. The first kappa shape index (κ1) is 20.8. The van der Waals surface area contributed by atoms with Gasteiger partial charge in [0.1, 0.15) is 0 Å². The van der Waals surface area contributed by atoms with Gasteiger partial charge in [-0.15, -0.1) is 11.3 Å². The largest absolute Gasteiger partial charge is 0.352 e. The second-order valence-electron chi connectivity index (χ2n) is 5.94. The number of amides is 2. The van der Waals surface area contributed by atoms with Crippen molar-refractivity contribution in [2.45, 2.75) is 19.3 Å². The molecule has 0 fully saturated rings. The number of thiophene rings is 1. The Kier molecular flexibility index (Phi) is 7.44. The van der Waals surface area contributed by atoms with Crippen molar-refractivity contribution in [2.75, 3.05) is 11.9 Å². The summed E-state index contributed by atoms with van der Waals surface area (Å²) in [6.45, 7) is 0.443. The molecule has 0 atom stereocenters. The Balaban J connectivity index is 1.42. The molecule has 0 unspecified atom stereocenters. The lowest BCUT2D eigenvalue weighted by Gasteiger charge is -2.04. The summed E-state index contributed by atoms with van der Waals surface area (Å²) in [5, 5.41) is 10.8. The van der Waals surface area contributed by atoms with Crippen LogP contribution in [0.15, 0.2) is 41.2 Å². The van der Waals surface area contributed by atoms with Crippen LogP contribution in [0.1, 0.15) is 33.6 Å². The molecule has 1 aromatic carbocycles. The van der Waals surface area contributed by atoms with Gasteiger partial charge in [0.05, 0.1) is 10.0 Å². The average Bonchev–Trinajstić information content (AvgIpc) is 3.35. The third-order valence-electron chi connectivity index (χ3n) is 3.85. The van der Waals surface area contributed by atoms with Crippen molar-refractivity contribution in [3.8, 4) is 0 Å². The van der Waals surface area contributed by atoms with Gasteiger partial charge < -0.3 is 10.6 Å². The van der Waals surface area contributed by atoms with E-state index in [4.69, 9.17) is 23.2 Å². The predicted molar refractivity (Wildman–Crippen MR) is 116 cm³/mol. The molecule has 5 nitrogen and oxygen atoms in total. The molecule has 2 amide bonds. The topological polar surface area (TPSA) is 71.1 Å². The van der Waals surface area contributed by atoms with Crippen LogP contribution in [0.5, 0.6) is 0 Å². The predicted octanol–water partition coefficient (Wildman–Crippen LogP) is 5.25. The van der Waals surface area contributed by atoms with Crippen molar-refractivity contribution in [1.29, 1.82) is 0 Å². The number of aromatic nitrogens is 1. The van der Waals surface area contributed by atoms with Crippen LogP contribution in [0.2, 0.25) is 10.0 Å². The highest BCUT2D eigenvalue weighted by atomic mass is 35.5. The summed E-state index contributed by atoms with van der Waals surface area (Å²) in [5.74, 6) is -0.252. The van der Waals surface area contributed by atoms with Gasteiger partial charge in [-0.25, -0.2) is 4.98 Å². The number of nitrogens with one attached hydrogen (secondary N) is 2. The molecule has 3 aromatic rings. The lowest BCUT2D eigenvalue weighted by Crippen LogP contribution is -2.25. The molecule has 0 radical (unpaired) electrons. The van der Waals surface area contributed by atoms with Crippen molar-refractivity contribution in [1.82, 2.24) is 10.3 Å². The van der Waals surface area contributed by atoms with Crippen LogP contribution in [0.25, 0.3) is 0 Å². The highest BCUT2D eigenvalue weighted by molar-refractivity contribution is 7.15. The summed E-state index contributed by atoms with van der Waals surface area (Å²) in [7, 11) is 0. The van der Waals surface area contributed by atoms with Crippen LogP contribution >= 0.6 is 45.9 Å². The maximum absolute atomic E-state index is 12.1. The van der Waals surface area contributed by atoms with Gasteiger partial charge in [-0.2, -0.15) is 11.3 Å². The van der Waals surface area contributed by atoms with E-state index < -0.39 is 0 Å². The van der Waals surface area contributed by atoms with Crippen molar-refractivity contribution < 1.29 is 9.59 Å². The SMILES string of the molecule is O=C(CCCNC(=O)c1ccsc1)Nc1ncc(Cc2cccc(Cl)c2Cl)s1. The summed E-state index contributed by atoms with van der Waals surface area (Å²) in [6, 6.07) is 7.28. The second-order valence-corrected chi connectivity index (χ2v) is 8.62. The van der Waals surface area contributed by atoms with Crippen LogP contribution in [-0.2, 0) is 11.2 Å². The van der Waals surface area contributed by atoms with Gasteiger partial charge in [-0.1, -0.05) is 35.3 Å². The van der Waals surface area contributed by atoms with E-state index in [9.17, 15) is 9.59 Å². The van der Waals surface area contributed by atoms with Gasteiger partial charge in [-0.05, 0) is 29.5 Å². The van der Waals surface area contributed by atoms with Gasteiger partial charge in [0.2, 0.25) is 5.91 Å². The number of hydrogen-bond acceptors (Lipinski definition) is 5. The number of rotatable bonds is 8. The summed E-state index contributed by atoms with van der Waals surface area (Å²) >= 11 is 15.1. The molecule has 2 aromatic heterocycles. The molecular formula is C19H17Cl2N3O2S2. The van der Waals surface area contributed by atoms with E-state index in [0.29, 0.717) is 46.5 Å². The van der Waals surface area contributed by atoms with Gasteiger partial charge in [0.15, 0.2) is 5.13 Å². The number of anilines is 1. The number of nitrogens with zero attached hydrogens (tertiary/aromatic N) is 1. The first-order valence-corrected chi connectivity index (χ1v) is 11.0. The molecule has 0 saturated heterocycles. The molecule has 0 aliphatic carbocycles. The van der Waals surface area contributed by atoms with E-state index in [1.54, 1.807) is 23.7 Å². The van der Waals surface area contributed by atoms with Gasteiger partial charge in [-0.3, -0.25) is 9.59 Å². The Labute approximate surface area is 180 Å². The number of carbonyl (C=O) groups is 2. The van der Waals surface area contributed by atoms with Crippen LogP contribution in [0.3, 0.4) is 0 Å². The first-order chi connectivity index (χ1) is 13.5. The third kappa shape index (κ3) is 5.78. The molecule has 2 N–H and O–H groups in total. The Bertz CT molecular complexity index is 958. The normalized spacial score (nSPS) is 10.6. The van der Waals surface area contributed by atoms with Crippen LogP contribution in [-0.4, -0.2) is 23.3 Å². The Morgan fingerprint density at radius 2 is 2.04 bits per heavy atom. The number of benzene rings is 1. The van der Waals surface area contributed by atoms with Crippen molar-refractivity contribution in [3.05, 3.63) is 67.3 Å². The fourth-order valence-corrected chi connectivity index (χ4v) is 4.32. The summed E-state index contributed by atoms with van der Waals surface area (Å²) < 4.78 is 0. The molecule has 2 heterocycles. The minimum absolute atomic E-state index is 0.120. The van der Waals surface area contributed by atoms with E-state index in [0.717, 1.165) is 10.4 Å². The molecule has 0 saturated carbocycles. The zero-order chi connectivity index (χ0) is 19.9. The fourth-order valence-electron chi connectivity index (χ4n) is 2.45. The summed E-state index contributed by atoms with van der Waals surface area (Å²) in [4.78, 5) is 29.1. The van der Waals surface area contributed by atoms with E-state index in [-0.39, 0.29) is 11.8 Å². The minimum Gasteiger partial charge on any atom is -0.352 e. The number of thiazole rings is 1. The Morgan fingerprint density at radius 1 is 1.18 bits per heavy atom. The lowest BCUT2D eigenvalue weighted by atomic mass is 10.1.